The van der Waals surface area contributed by atoms with E-state index in [9.17, 15) is 26.3 Å². The maximum absolute atomic E-state index is 9.58. The first-order valence-corrected chi connectivity index (χ1v) is 1.13. The quantitative estimate of drug-likeness (QED) is 0.460. The summed E-state index contributed by atoms with van der Waals surface area (Å²) in [5.74, 6) is 0. The third-order valence-electron chi connectivity index (χ3n) is 0. The maximum atomic E-state index is 9.58. The van der Waals surface area contributed by atoms with E-state index >= 15 is 0 Å². The molecular weight excluding hydrogens is 352 g/mol. The van der Waals surface area contributed by atoms with Crippen molar-refractivity contribution >= 4 is 0 Å². The fourth-order valence-corrected chi connectivity index (χ4v) is 0. The molecule has 12 heavy (non-hydrogen) atoms. The molecule has 0 aromatic carbocycles. The molecule has 0 unspecified atom stereocenters. The molecule has 0 amide bonds. The summed E-state index contributed by atoms with van der Waals surface area (Å²) in [6.45, 7) is -6.17. The summed E-state index contributed by atoms with van der Waals surface area (Å²) in [7, 11) is 0. The molecule has 72 valence electrons. The van der Waals surface area contributed by atoms with E-state index in [-0.39, 0.29) is 63.4 Å². The smallest absolute Gasteiger partial charge is 0.412 e. The average molecular weight is 356 g/mol. The Bertz CT molecular complexity index is 37.0. The minimum Gasteiger partial charge on any atom is -0.412 e. The molecular formula is C2H4F6O2Zr2+2. The molecule has 0 aliphatic heterocycles. The van der Waals surface area contributed by atoms with Crippen molar-refractivity contribution in [3.63, 3.8) is 0 Å². The topological polar surface area (TPSA) is 63.0 Å². The molecule has 2 nitrogen and oxygen atoms in total. The molecule has 0 aliphatic carbocycles. The van der Waals surface area contributed by atoms with Gasteiger partial charge in [0.15, 0.2) is 13.4 Å². The fourth-order valence-electron chi connectivity index (χ4n) is 0. The molecule has 0 aliphatic rings. The van der Waals surface area contributed by atoms with Crippen LogP contribution in [0, 0.1) is 13.4 Å². The van der Waals surface area contributed by atoms with Gasteiger partial charge < -0.3 is 37.3 Å². The summed E-state index contributed by atoms with van der Waals surface area (Å²) in [5.41, 5.74) is 0. The Kier molecular flexibility index (Phi) is 92.9. The van der Waals surface area contributed by atoms with Gasteiger partial charge in [0.25, 0.3) is 0 Å². The number of hydrogen-bond donors (Lipinski definition) is 0. The van der Waals surface area contributed by atoms with Gasteiger partial charge in [0.2, 0.25) is 0 Å². The van der Waals surface area contributed by atoms with Crippen LogP contribution in [0.15, 0.2) is 0 Å². The Labute approximate surface area is 103 Å². The molecule has 0 radical (unpaired) electrons. The van der Waals surface area contributed by atoms with Crippen molar-refractivity contribution in [2.24, 2.45) is 0 Å². The van der Waals surface area contributed by atoms with E-state index in [1.54, 1.807) is 0 Å². The normalized spacial score (nSPS) is 6.00. The average Bonchev–Trinajstić information content (AvgIpc) is 1.25. The second-order valence-corrected chi connectivity index (χ2v) is 0.429. The van der Waals surface area contributed by atoms with Gasteiger partial charge in [-0.25, -0.2) is 0 Å². The van der Waals surface area contributed by atoms with E-state index in [0.29, 0.717) is 0 Å². The van der Waals surface area contributed by atoms with E-state index < -0.39 is 13.4 Å². The summed E-state index contributed by atoms with van der Waals surface area (Å²) < 4.78 is 57.5. The molecule has 0 fully saturated rings. The van der Waals surface area contributed by atoms with E-state index in [4.69, 9.17) is 0 Å². The summed E-state index contributed by atoms with van der Waals surface area (Å²) >= 11 is 0. The number of rotatable bonds is 0. The van der Waals surface area contributed by atoms with E-state index in [1.807, 2.05) is 0 Å². The third kappa shape index (κ3) is 741. The van der Waals surface area contributed by atoms with Crippen molar-refractivity contribution in [3.05, 3.63) is 13.4 Å². The van der Waals surface area contributed by atoms with Gasteiger partial charge in [-0.05, 0) is 0 Å². The van der Waals surface area contributed by atoms with Gasteiger partial charge in [-0.1, -0.05) is 0 Å². The van der Waals surface area contributed by atoms with Gasteiger partial charge in [-0.2, -0.15) is 0 Å². The molecule has 4 N–H and O–H groups in total. The van der Waals surface area contributed by atoms with Gasteiger partial charge in [-0.15, -0.1) is 0 Å². The van der Waals surface area contributed by atoms with Gasteiger partial charge >= 0.3 is 52.4 Å². The van der Waals surface area contributed by atoms with Crippen molar-refractivity contribution in [2.75, 3.05) is 0 Å². The van der Waals surface area contributed by atoms with Crippen LogP contribution in [0.2, 0.25) is 0 Å². The first-order chi connectivity index (χ1) is 3.46. The maximum Gasteiger partial charge on any atom is 2.00 e. The molecule has 0 aromatic heterocycles. The van der Waals surface area contributed by atoms with Crippen LogP contribution in [0.1, 0.15) is 0 Å². The molecule has 10 heteroatoms. The second kappa shape index (κ2) is 29.5. The van der Waals surface area contributed by atoms with E-state index in [1.165, 1.54) is 0 Å². The Hall–Kier alpha value is 1.27. The molecule has 0 saturated carbocycles. The minimum absolute atomic E-state index is 0. The zero-order valence-corrected chi connectivity index (χ0v) is 10.2. The molecule has 0 bridgehead atoms. The monoisotopic (exact) mass is 354 g/mol. The molecule has 0 atom stereocenters. The zero-order chi connectivity index (χ0) is 7.15. The van der Waals surface area contributed by atoms with Gasteiger partial charge in [0, 0.05) is 0 Å². The van der Waals surface area contributed by atoms with Crippen LogP contribution in [-0.4, -0.2) is 11.0 Å². The zero-order valence-electron chi connectivity index (χ0n) is 5.27. The van der Waals surface area contributed by atoms with Crippen LogP contribution in [0.5, 0.6) is 0 Å². The molecule has 0 saturated heterocycles. The molecule has 0 spiro atoms. The summed E-state index contributed by atoms with van der Waals surface area (Å²) in [4.78, 5) is 0. The van der Waals surface area contributed by atoms with Crippen LogP contribution < -0.4 is 0 Å². The predicted molar refractivity (Wildman–Crippen MR) is 20.4 cm³/mol. The Morgan fingerprint density at radius 3 is 0.500 bits per heavy atom. The van der Waals surface area contributed by atoms with Crippen molar-refractivity contribution < 1.29 is 89.7 Å². The predicted octanol–water partition coefficient (Wildman–Crippen LogP) is 1.03. The summed E-state index contributed by atoms with van der Waals surface area (Å²) in [6.07, 6.45) is 0. The van der Waals surface area contributed by atoms with E-state index in [2.05, 4.69) is 0 Å². The Morgan fingerprint density at radius 2 is 0.500 bits per heavy atom. The van der Waals surface area contributed by atoms with Crippen molar-refractivity contribution in [1.29, 1.82) is 0 Å². The first kappa shape index (κ1) is 37.8. The van der Waals surface area contributed by atoms with Crippen LogP contribution in [-0.2, 0) is 52.4 Å². The number of hydrogen-bond acceptors (Lipinski definition) is 0. The second-order valence-electron chi connectivity index (χ2n) is 0.429. The molecule has 0 rings (SSSR count). The number of halogens is 6. The van der Waals surface area contributed by atoms with Gasteiger partial charge in [0.05, 0.1) is 0 Å². The SMILES string of the molecule is F[C-](F)F.F[C-](F)F.O.O.[Zr+2].[Zr+2]. The molecule has 0 aromatic rings. The largest absolute Gasteiger partial charge is 2.00 e. The first-order valence-electron chi connectivity index (χ1n) is 1.13. The standard InChI is InChI=1S/2CF3.2H2O.2Zr/c2*2-1(3)4;;;;/h;;2*1H2;;/q2*-1;;;2*+2. The van der Waals surface area contributed by atoms with Crippen LogP contribution in [0.25, 0.3) is 0 Å². The Morgan fingerprint density at radius 1 is 0.500 bits per heavy atom. The summed E-state index contributed by atoms with van der Waals surface area (Å²) in [5, 5.41) is 0. The fraction of sp³-hybridized carbons (Fsp3) is 0. The molecule has 0 heterocycles. The Balaban J connectivity index is -0.0000000112. The summed E-state index contributed by atoms with van der Waals surface area (Å²) in [6, 6.07) is 0. The van der Waals surface area contributed by atoms with E-state index in [0.717, 1.165) is 0 Å². The van der Waals surface area contributed by atoms with Crippen LogP contribution >= 0.6 is 0 Å². The minimum atomic E-state index is -3.08. The van der Waals surface area contributed by atoms with Crippen LogP contribution in [0.4, 0.5) is 26.3 Å². The van der Waals surface area contributed by atoms with Gasteiger partial charge in [-0.3, -0.25) is 0 Å². The van der Waals surface area contributed by atoms with Gasteiger partial charge in [0.1, 0.15) is 0 Å². The van der Waals surface area contributed by atoms with Crippen LogP contribution in [0.3, 0.4) is 0 Å². The van der Waals surface area contributed by atoms with Crippen molar-refractivity contribution in [3.8, 4) is 0 Å². The van der Waals surface area contributed by atoms with Crippen molar-refractivity contribution in [1.82, 2.24) is 0 Å². The van der Waals surface area contributed by atoms with Crippen molar-refractivity contribution in [2.45, 2.75) is 0 Å². The third-order valence-corrected chi connectivity index (χ3v) is 0.